The number of esters is 1. The van der Waals surface area contributed by atoms with Crippen LogP contribution in [-0.2, 0) is 14.3 Å². The molecule has 0 unspecified atom stereocenters. The molecule has 0 saturated carbocycles. The number of carboxylic acid groups (broad SMARTS) is 1. The van der Waals surface area contributed by atoms with Crippen molar-refractivity contribution < 1.29 is 29.0 Å². The van der Waals surface area contributed by atoms with Gasteiger partial charge in [-0.25, -0.2) is 0 Å². The zero-order chi connectivity index (χ0) is 14.6. The summed E-state index contributed by atoms with van der Waals surface area (Å²) in [6, 6.07) is 0. The molecular weight excluding hydrogens is 238 g/mol. The molecule has 0 amide bonds. The molecular formula is C12H24NO5+. The summed E-state index contributed by atoms with van der Waals surface area (Å²) in [5, 5.41) is 18.3. The number of rotatable bonds is 7. The van der Waals surface area contributed by atoms with E-state index < -0.39 is 23.6 Å². The first-order valence-electron chi connectivity index (χ1n) is 5.83. The number of hydrogen-bond acceptors (Lipinski definition) is 4. The van der Waals surface area contributed by atoms with Crippen molar-refractivity contribution in [3.8, 4) is 0 Å². The van der Waals surface area contributed by atoms with Crippen LogP contribution in [0.15, 0.2) is 0 Å². The first-order chi connectivity index (χ1) is 7.89. The number of carbonyl (C=O) groups is 2. The third-order valence-electron chi connectivity index (χ3n) is 2.03. The number of carbonyl (C=O) groups excluding carboxylic acids is 1. The molecule has 106 valence electrons. The normalized spacial score (nSPS) is 14.1. The molecule has 0 aromatic carbocycles. The SMILES string of the molecule is CC(C)(O)CC(=O)O[C@H](CC(=O)O)C[N+](C)(C)C. The molecule has 0 aliphatic rings. The molecule has 6 nitrogen and oxygen atoms in total. The number of likely N-dealkylation sites (N-methyl/N-ethyl adjacent to an activating group) is 1. The fourth-order valence-corrected chi connectivity index (χ4v) is 1.53. The van der Waals surface area contributed by atoms with E-state index in [0.717, 1.165) is 0 Å². The van der Waals surface area contributed by atoms with E-state index in [-0.39, 0.29) is 12.8 Å². The number of nitrogens with zero attached hydrogens (tertiary/aromatic N) is 1. The highest BCUT2D eigenvalue weighted by Crippen LogP contribution is 2.12. The van der Waals surface area contributed by atoms with Crippen LogP contribution < -0.4 is 0 Å². The number of hydrogen-bond donors (Lipinski definition) is 2. The third kappa shape index (κ3) is 10.0. The second-order valence-corrected chi connectivity index (χ2v) is 6.17. The van der Waals surface area contributed by atoms with Gasteiger partial charge in [0.1, 0.15) is 6.54 Å². The van der Waals surface area contributed by atoms with Gasteiger partial charge in [0.05, 0.1) is 39.6 Å². The Morgan fingerprint density at radius 3 is 2.11 bits per heavy atom. The van der Waals surface area contributed by atoms with Gasteiger partial charge in [-0.15, -0.1) is 0 Å². The number of carboxylic acids is 1. The van der Waals surface area contributed by atoms with Gasteiger partial charge in [-0.2, -0.15) is 0 Å². The van der Waals surface area contributed by atoms with E-state index in [0.29, 0.717) is 11.0 Å². The summed E-state index contributed by atoms with van der Waals surface area (Å²) in [6.07, 6.45) is -1.06. The van der Waals surface area contributed by atoms with Crippen molar-refractivity contribution in [2.24, 2.45) is 0 Å². The van der Waals surface area contributed by atoms with Gasteiger partial charge in [-0.05, 0) is 13.8 Å². The Hall–Kier alpha value is -1.14. The summed E-state index contributed by atoms with van der Waals surface area (Å²) >= 11 is 0. The second kappa shape index (κ2) is 6.15. The van der Waals surface area contributed by atoms with Crippen LogP contribution in [0.3, 0.4) is 0 Å². The van der Waals surface area contributed by atoms with Crippen molar-refractivity contribution in [2.75, 3.05) is 27.7 Å². The Bertz CT molecular complexity index is 301. The van der Waals surface area contributed by atoms with Gasteiger partial charge in [0.15, 0.2) is 6.10 Å². The summed E-state index contributed by atoms with van der Waals surface area (Å²) in [4.78, 5) is 22.3. The minimum Gasteiger partial charge on any atom is -0.481 e. The van der Waals surface area contributed by atoms with Crippen molar-refractivity contribution >= 4 is 11.9 Å². The smallest absolute Gasteiger partial charge is 0.309 e. The molecule has 2 N–H and O–H groups in total. The number of quaternary nitrogens is 1. The predicted molar refractivity (Wildman–Crippen MR) is 65.9 cm³/mol. The predicted octanol–water partition coefficient (Wildman–Crippen LogP) is 0.240. The van der Waals surface area contributed by atoms with Gasteiger partial charge in [-0.1, -0.05) is 0 Å². The third-order valence-corrected chi connectivity index (χ3v) is 2.03. The lowest BCUT2D eigenvalue weighted by Gasteiger charge is -2.28. The molecule has 0 bridgehead atoms. The van der Waals surface area contributed by atoms with E-state index in [1.165, 1.54) is 13.8 Å². The first kappa shape index (κ1) is 16.9. The standard InChI is InChI=1S/C12H23NO5/c1-12(2,17)7-11(16)18-9(6-10(14)15)8-13(3,4)5/h9,17H,6-8H2,1-5H3/p+1/t9-/m1/s1. The molecule has 0 aliphatic heterocycles. The number of aliphatic carboxylic acids is 1. The maximum atomic E-state index is 11.6. The number of aliphatic hydroxyl groups is 1. The van der Waals surface area contributed by atoms with Crippen LogP contribution in [0.1, 0.15) is 26.7 Å². The van der Waals surface area contributed by atoms with Gasteiger partial charge in [-0.3, -0.25) is 9.59 Å². The average molecular weight is 262 g/mol. The Labute approximate surface area is 108 Å². The summed E-state index contributed by atoms with van der Waals surface area (Å²) < 4.78 is 5.61. The van der Waals surface area contributed by atoms with Crippen LogP contribution in [0.2, 0.25) is 0 Å². The van der Waals surface area contributed by atoms with Crippen LogP contribution in [0.5, 0.6) is 0 Å². The summed E-state index contributed by atoms with van der Waals surface area (Å²) in [5.74, 6) is -1.59. The maximum Gasteiger partial charge on any atom is 0.309 e. The molecule has 18 heavy (non-hydrogen) atoms. The largest absolute Gasteiger partial charge is 0.481 e. The monoisotopic (exact) mass is 262 g/mol. The van der Waals surface area contributed by atoms with Gasteiger partial charge in [0.2, 0.25) is 0 Å². The van der Waals surface area contributed by atoms with Gasteiger partial charge in [0, 0.05) is 0 Å². The lowest BCUT2D eigenvalue weighted by atomic mass is 10.1. The zero-order valence-electron chi connectivity index (χ0n) is 11.8. The van der Waals surface area contributed by atoms with Crippen LogP contribution in [0, 0.1) is 0 Å². The van der Waals surface area contributed by atoms with Gasteiger partial charge in [0.25, 0.3) is 0 Å². The van der Waals surface area contributed by atoms with Gasteiger partial charge < -0.3 is 19.4 Å². The fourth-order valence-electron chi connectivity index (χ4n) is 1.53. The molecule has 6 heteroatoms. The quantitative estimate of drug-likeness (QED) is 0.507. The Morgan fingerprint density at radius 2 is 1.78 bits per heavy atom. The highest BCUT2D eigenvalue weighted by molar-refractivity contribution is 5.72. The van der Waals surface area contributed by atoms with E-state index in [2.05, 4.69) is 0 Å². The molecule has 0 radical (unpaired) electrons. The Balaban J connectivity index is 4.50. The highest BCUT2D eigenvalue weighted by Gasteiger charge is 2.27. The van der Waals surface area contributed by atoms with E-state index in [1.54, 1.807) is 0 Å². The molecule has 0 aromatic heterocycles. The molecule has 0 spiro atoms. The van der Waals surface area contributed by atoms with Crippen molar-refractivity contribution in [1.29, 1.82) is 0 Å². The summed E-state index contributed by atoms with van der Waals surface area (Å²) in [6.45, 7) is 3.41. The van der Waals surface area contributed by atoms with Crippen molar-refractivity contribution in [3.63, 3.8) is 0 Å². The number of ether oxygens (including phenoxy) is 1. The minimum absolute atomic E-state index is 0.153. The Morgan fingerprint density at radius 1 is 1.28 bits per heavy atom. The maximum absolute atomic E-state index is 11.6. The highest BCUT2D eigenvalue weighted by atomic mass is 16.5. The topological polar surface area (TPSA) is 83.8 Å². The van der Waals surface area contributed by atoms with Crippen molar-refractivity contribution in [2.45, 2.75) is 38.4 Å². The van der Waals surface area contributed by atoms with Crippen LogP contribution in [0.25, 0.3) is 0 Å². The van der Waals surface area contributed by atoms with E-state index in [9.17, 15) is 14.7 Å². The lowest BCUT2D eigenvalue weighted by Crippen LogP contribution is -2.44. The molecule has 0 aliphatic carbocycles. The molecule has 1 atom stereocenters. The molecule has 0 rings (SSSR count). The fraction of sp³-hybridized carbons (Fsp3) is 0.833. The van der Waals surface area contributed by atoms with E-state index >= 15 is 0 Å². The minimum atomic E-state index is -1.15. The Kier molecular flexibility index (Phi) is 5.76. The van der Waals surface area contributed by atoms with Crippen LogP contribution >= 0.6 is 0 Å². The van der Waals surface area contributed by atoms with E-state index in [4.69, 9.17) is 9.84 Å². The van der Waals surface area contributed by atoms with E-state index in [1.807, 2.05) is 21.1 Å². The molecule has 0 aromatic rings. The lowest BCUT2D eigenvalue weighted by molar-refractivity contribution is -0.873. The molecule has 0 saturated heterocycles. The first-order valence-corrected chi connectivity index (χ1v) is 5.83. The van der Waals surface area contributed by atoms with Gasteiger partial charge >= 0.3 is 11.9 Å². The average Bonchev–Trinajstić information content (AvgIpc) is 1.92. The zero-order valence-corrected chi connectivity index (χ0v) is 11.8. The second-order valence-electron chi connectivity index (χ2n) is 6.17. The summed E-state index contributed by atoms with van der Waals surface area (Å²) in [5.41, 5.74) is -1.15. The summed E-state index contributed by atoms with van der Waals surface area (Å²) in [7, 11) is 5.66. The van der Waals surface area contributed by atoms with Crippen LogP contribution in [-0.4, -0.2) is 66.0 Å². The van der Waals surface area contributed by atoms with Crippen molar-refractivity contribution in [3.05, 3.63) is 0 Å². The van der Waals surface area contributed by atoms with Crippen LogP contribution in [0.4, 0.5) is 0 Å². The molecule has 0 fully saturated rings. The molecule has 0 heterocycles. The van der Waals surface area contributed by atoms with Crippen molar-refractivity contribution in [1.82, 2.24) is 0 Å².